The second kappa shape index (κ2) is 9.52. The van der Waals surface area contributed by atoms with Gasteiger partial charge in [-0.3, -0.25) is 19.4 Å². The summed E-state index contributed by atoms with van der Waals surface area (Å²) in [5.74, 6) is -2.04. The Labute approximate surface area is 160 Å². The molecule has 7 nitrogen and oxygen atoms in total. The molecule has 1 heterocycles. The molecule has 0 bridgehead atoms. The van der Waals surface area contributed by atoms with E-state index >= 15 is 0 Å². The van der Waals surface area contributed by atoms with Gasteiger partial charge in [0, 0.05) is 19.8 Å². The van der Waals surface area contributed by atoms with Crippen molar-refractivity contribution < 1.29 is 37.0 Å². The zero-order valence-corrected chi connectivity index (χ0v) is 16.1. The Kier molecular flexibility index (Phi) is 7.95. The summed E-state index contributed by atoms with van der Waals surface area (Å²) < 4.78 is 47.9. The molecular weight excluding hydrogens is 381 g/mol. The van der Waals surface area contributed by atoms with E-state index in [2.05, 4.69) is 4.98 Å². The predicted molar refractivity (Wildman–Crippen MR) is 92.1 cm³/mol. The van der Waals surface area contributed by atoms with Crippen molar-refractivity contribution in [2.24, 2.45) is 0 Å². The number of hydrogen-bond acceptors (Lipinski definition) is 6. The van der Waals surface area contributed by atoms with Crippen molar-refractivity contribution >= 4 is 17.8 Å². The summed E-state index contributed by atoms with van der Waals surface area (Å²) in [6, 6.07) is 1.91. The van der Waals surface area contributed by atoms with E-state index < -0.39 is 41.6 Å². The smallest absolute Gasteiger partial charge is 0.433 e. The Morgan fingerprint density at radius 2 is 1.82 bits per heavy atom. The third-order valence-electron chi connectivity index (χ3n) is 4.32. The van der Waals surface area contributed by atoms with E-state index in [9.17, 15) is 27.6 Å². The van der Waals surface area contributed by atoms with E-state index in [4.69, 9.17) is 9.47 Å². The molecule has 0 fully saturated rings. The summed E-state index contributed by atoms with van der Waals surface area (Å²) in [4.78, 5) is 40.8. The molecule has 0 saturated heterocycles. The monoisotopic (exact) mass is 404 g/mol. The van der Waals surface area contributed by atoms with Crippen LogP contribution in [0.3, 0.4) is 0 Å². The van der Waals surface area contributed by atoms with E-state index in [0.29, 0.717) is 0 Å². The molecule has 0 aliphatic carbocycles. The number of pyridine rings is 1. The molecule has 28 heavy (non-hydrogen) atoms. The number of ether oxygens (including phenoxy) is 2. The lowest BCUT2D eigenvalue weighted by Gasteiger charge is -2.34. The summed E-state index contributed by atoms with van der Waals surface area (Å²) in [7, 11) is 2.52. The average Bonchev–Trinajstić information content (AvgIpc) is 2.64. The summed E-state index contributed by atoms with van der Waals surface area (Å²) in [5.41, 5.74) is -2.37. The molecule has 0 radical (unpaired) electrons. The molecule has 0 saturated carbocycles. The minimum atomic E-state index is -4.62. The third-order valence-corrected chi connectivity index (χ3v) is 4.32. The molecule has 0 spiro atoms. The van der Waals surface area contributed by atoms with Crippen molar-refractivity contribution in [2.75, 3.05) is 27.3 Å². The lowest BCUT2D eigenvalue weighted by Crippen LogP contribution is -2.48. The second-order valence-electron chi connectivity index (χ2n) is 6.09. The van der Waals surface area contributed by atoms with Gasteiger partial charge in [-0.05, 0) is 25.0 Å². The number of nitrogens with zero attached hydrogens (tertiary/aromatic N) is 2. The minimum absolute atomic E-state index is 0.119. The summed E-state index contributed by atoms with van der Waals surface area (Å²) >= 11 is 0. The van der Waals surface area contributed by atoms with Crippen LogP contribution >= 0.6 is 0 Å². The van der Waals surface area contributed by atoms with Gasteiger partial charge >= 0.3 is 18.1 Å². The molecule has 1 amide bonds. The van der Waals surface area contributed by atoms with E-state index in [0.717, 1.165) is 30.3 Å². The number of amides is 1. The fraction of sp³-hybridized carbons (Fsp3) is 0.556. The number of aromatic nitrogens is 1. The largest absolute Gasteiger partial charge is 0.468 e. The van der Waals surface area contributed by atoms with Crippen molar-refractivity contribution in [3.05, 3.63) is 29.6 Å². The fourth-order valence-corrected chi connectivity index (χ4v) is 2.74. The molecule has 1 atom stereocenters. The highest BCUT2D eigenvalue weighted by Crippen LogP contribution is 2.33. The van der Waals surface area contributed by atoms with Crippen molar-refractivity contribution in [3.63, 3.8) is 0 Å². The van der Waals surface area contributed by atoms with Crippen LogP contribution in [0.25, 0.3) is 0 Å². The van der Waals surface area contributed by atoms with E-state index in [-0.39, 0.29) is 25.1 Å². The first-order valence-electron chi connectivity index (χ1n) is 8.53. The van der Waals surface area contributed by atoms with Crippen LogP contribution in [-0.2, 0) is 35.4 Å². The van der Waals surface area contributed by atoms with Crippen LogP contribution in [-0.4, -0.2) is 55.0 Å². The number of alkyl halides is 3. The van der Waals surface area contributed by atoms with E-state index in [1.54, 1.807) is 13.8 Å². The van der Waals surface area contributed by atoms with Gasteiger partial charge in [-0.2, -0.15) is 13.2 Å². The fourth-order valence-electron chi connectivity index (χ4n) is 2.74. The van der Waals surface area contributed by atoms with Gasteiger partial charge in [0.05, 0.1) is 13.7 Å². The highest BCUT2D eigenvalue weighted by atomic mass is 19.4. The number of rotatable bonds is 8. The molecule has 0 aliphatic rings. The maximum atomic E-state index is 12.8. The lowest BCUT2D eigenvalue weighted by atomic mass is 9.78. The molecule has 1 aromatic heterocycles. The summed E-state index contributed by atoms with van der Waals surface area (Å²) in [6.07, 6.45) is -4.06. The van der Waals surface area contributed by atoms with Crippen molar-refractivity contribution in [1.29, 1.82) is 0 Å². The number of carbonyl (C=O) groups is 3. The van der Waals surface area contributed by atoms with Crippen LogP contribution in [0.15, 0.2) is 18.3 Å². The molecule has 0 aromatic carbocycles. The normalized spacial score (nSPS) is 13.4. The minimum Gasteiger partial charge on any atom is -0.468 e. The van der Waals surface area contributed by atoms with Gasteiger partial charge in [-0.15, -0.1) is 0 Å². The zero-order valence-electron chi connectivity index (χ0n) is 16.1. The average molecular weight is 404 g/mol. The first-order chi connectivity index (χ1) is 13.0. The molecule has 1 rings (SSSR count). The molecular formula is C18H23F3N2O5. The number of halogens is 3. The Morgan fingerprint density at radius 1 is 1.18 bits per heavy atom. The first kappa shape index (κ1) is 23.4. The molecule has 156 valence electrons. The Morgan fingerprint density at radius 3 is 2.25 bits per heavy atom. The maximum Gasteiger partial charge on any atom is 0.433 e. The quantitative estimate of drug-likeness (QED) is 0.488. The van der Waals surface area contributed by atoms with E-state index in [1.807, 2.05) is 0 Å². The van der Waals surface area contributed by atoms with Crippen LogP contribution in [0, 0.1) is 0 Å². The van der Waals surface area contributed by atoms with Crippen LogP contribution in [0.1, 0.15) is 37.9 Å². The molecule has 0 N–H and O–H groups in total. The van der Waals surface area contributed by atoms with Crippen LogP contribution in [0.5, 0.6) is 0 Å². The van der Waals surface area contributed by atoms with Gasteiger partial charge in [-0.25, -0.2) is 0 Å². The maximum absolute atomic E-state index is 12.8. The van der Waals surface area contributed by atoms with Crippen LogP contribution in [0.4, 0.5) is 13.2 Å². The molecule has 1 aromatic rings. The van der Waals surface area contributed by atoms with Gasteiger partial charge in [0.15, 0.2) is 0 Å². The summed E-state index contributed by atoms with van der Waals surface area (Å²) in [6.45, 7) is 3.15. The lowest BCUT2D eigenvalue weighted by molar-refractivity contribution is -0.151. The zero-order chi connectivity index (χ0) is 21.5. The highest BCUT2D eigenvalue weighted by molar-refractivity contribution is 5.94. The molecule has 1 unspecified atom stereocenters. The van der Waals surface area contributed by atoms with Crippen LogP contribution < -0.4 is 0 Å². The van der Waals surface area contributed by atoms with Gasteiger partial charge < -0.3 is 14.4 Å². The topological polar surface area (TPSA) is 85.8 Å². The number of carbonyl (C=O) groups excluding carboxylic acids is 3. The number of hydrogen-bond donors (Lipinski definition) is 0. The third kappa shape index (κ3) is 5.43. The first-order valence-corrected chi connectivity index (χ1v) is 8.53. The Bertz CT molecular complexity index is 706. The summed E-state index contributed by atoms with van der Waals surface area (Å²) in [5, 5.41) is 0. The number of esters is 2. The van der Waals surface area contributed by atoms with Gasteiger partial charge in [-0.1, -0.05) is 13.0 Å². The SMILES string of the molecule is CCOC(=O)CC(=O)N(C)CC(CC)(C(=O)OC)c1ccc(C(F)(F)F)nc1. The number of likely N-dealkylation sites (N-methyl/N-ethyl adjacent to an activating group) is 1. The Hall–Kier alpha value is -2.65. The van der Waals surface area contributed by atoms with Crippen molar-refractivity contribution in [1.82, 2.24) is 9.88 Å². The highest BCUT2D eigenvalue weighted by Gasteiger charge is 2.43. The van der Waals surface area contributed by atoms with Crippen molar-refractivity contribution in [3.8, 4) is 0 Å². The van der Waals surface area contributed by atoms with Gasteiger partial charge in [0.25, 0.3) is 0 Å². The predicted octanol–water partition coefficient (Wildman–Crippen LogP) is 2.33. The second-order valence-corrected chi connectivity index (χ2v) is 6.09. The molecule has 0 aliphatic heterocycles. The number of methoxy groups -OCH3 is 1. The van der Waals surface area contributed by atoms with Gasteiger partial charge in [0.1, 0.15) is 17.5 Å². The van der Waals surface area contributed by atoms with Crippen LogP contribution in [0.2, 0.25) is 0 Å². The van der Waals surface area contributed by atoms with E-state index in [1.165, 1.54) is 7.05 Å². The molecule has 10 heteroatoms. The Balaban J connectivity index is 3.19. The standard InChI is InChI=1S/C18H23F3N2O5/c1-5-17(16(26)27-4,11-23(3)14(24)9-15(25)28-6-2)12-7-8-13(22-10-12)18(19,20)21/h7-8,10H,5-6,9,11H2,1-4H3. The van der Waals surface area contributed by atoms with Crippen molar-refractivity contribution in [2.45, 2.75) is 38.3 Å². The van der Waals surface area contributed by atoms with Gasteiger partial charge in [0.2, 0.25) is 5.91 Å².